The third kappa shape index (κ3) is 2.71. The summed E-state index contributed by atoms with van der Waals surface area (Å²) < 4.78 is 2.05. The molecule has 0 aliphatic carbocycles. The molecule has 1 aromatic carbocycles. The summed E-state index contributed by atoms with van der Waals surface area (Å²) in [5.41, 5.74) is 5.35. The average Bonchev–Trinajstić information content (AvgIpc) is 3.00. The van der Waals surface area contributed by atoms with Gasteiger partial charge in [0.1, 0.15) is 5.82 Å². The van der Waals surface area contributed by atoms with Gasteiger partial charge in [-0.3, -0.25) is 9.38 Å². The van der Waals surface area contributed by atoms with Gasteiger partial charge in [-0.25, -0.2) is 0 Å². The van der Waals surface area contributed by atoms with Crippen LogP contribution in [0.25, 0.3) is 16.9 Å². The molecule has 4 nitrogen and oxygen atoms in total. The first-order valence-electron chi connectivity index (χ1n) is 7.60. The number of hydrogen-bond acceptors (Lipinski definition) is 3. The molecule has 0 N–H and O–H groups in total. The van der Waals surface area contributed by atoms with Crippen LogP contribution in [0, 0.1) is 6.92 Å². The fourth-order valence-electron chi connectivity index (χ4n) is 2.63. The molecule has 0 amide bonds. The largest absolute Gasteiger partial charge is 0.285 e. The summed E-state index contributed by atoms with van der Waals surface area (Å²) >= 11 is 0. The lowest BCUT2D eigenvalue weighted by Gasteiger charge is -2.04. The second kappa shape index (κ2) is 5.65. The van der Waals surface area contributed by atoms with Crippen LogP contribution in [0.3, 0.4) is 0 Å². The Morgan fingerprint density at radius 1 is 0.913 bits per heavy atom. The van der Waals surface area contributed by atoms with Gasteiger partial charge in [0.05, 0.1) is 5.69 Å². The second-order valence-electron chi connectivity index (χ2n) is 5.64. The molecule has 4 aromatic rings. The van der Waals surface area contributed by atoms with Crippen LogP contribution in [0.1, 0.15) is 17.0 Å². The zero-order chi connectivity index (χ0) is 15.6. The first kappa shape index (κ1) is 13.6. The Morgan fingerprint density at radius 2 is 1.78 bits per heavy atom. The summed E-state index contributed by atoms with van der Waals surface area (Å²) in [4.78, 5) is 4.41. The molecule has 0 spiro atoms. The van der Waals surface area contributed by atoms with Crippen molar-refractivity contribution in [1.82, 2.24) is 19.6 Å². The van der Waals surface area contributed by atoms with Crippen LogP contribution < -0.4 is 0 Å². The molecule has 0 atom stereocenters. The SMILES string of the molecule is Cc1ccc(Cc2nnc3ccc(-c4ccccn4)cn23)cc1. The van der Waals surface area contributed by atoms with Gasteiger partial charge in [-0.05, 0) is 36.8 Å². The smallest absolute Gasteiger partial charge is 0.160 e. The summed E-state index contributed by atoms with van der Waals surface area (Å²) in [6.07, 6.45) is 4.62. The molecule has 0 saturated heterocycles. The number of nitrogens with zero attached hydrogens (tertiary/aromatic N) is 4. The molecule has 3 heterocycles. The molecule has 4 rings (SSSR count). The lowest BCUT2D eigenvalue weighted by atomic mass is 10.1. The number of benzene rings is 1. The van der Waals surface area contributed by atoms with E-state index in [1.165, 1.54) is 11.1 Å². The Hall–Kier alpha value is -3.01. The van der Waals surface area contributed by atoms with Gasteiger partial charge >= 0.3 is 0 Å². The average molecular weight is 300 g/mol. The van der Waals surface area contributed by atoms with Crippen LogP contribution in [-0.2, 0) is 6.42 Å². The summed E-state index contributed by atoms with van der Waals surface area (Å²) in [5, 5.41) is 8.60. The quantitative estimate of drug-likeness (QED) is 0.579. The Morgan fingerprint density at radius 3 is 2.57 bits per heavy atom. The summed E-state index contributed by atoms with van der Waals surface area (Å²) in [5.74, 6) is 0.932. The van der Waals surface area contributed by atoms with E-state index in [9.17, 15) is 0 Å². The van der Waals surface area contributed by atoms with E-state index in [1.54, 1.807) is 6.20 Å². The molecule has 0 saturated carbocycles. The number of rotatable bonds is 3. The van der Waals surface area contributed by atoms with Crippen molar-refractivity contribution >= 4 is 5.65 Å². The Kier molecular flexibility index (Phi) is 3.35. The fourth-order valence-corrected chi connectivity index (χ4v) is 2.63. The Labute approximate surface area is 134 Å². The predicted molar refractivity (Wildman–Crippen MR) is 90.2 cm³/mol. The van der Waals surface area contributed by atoms with E-state index in [2.05, 4.69) is 52.6 Å². The van der Waals surface area contributed by atoms with Crippen LogP contribution in [0.15, 0.2) is 67.0 Å². The lowest BCUT2D eigenvalue weighted by Crippen LogP contribution is -1.97. The highest BCUT2D eigenvalue weighted by molar-refractivity contribution is 5.60. The van der Waals surface area contributed by atoms with Crippen molar-refractivity contribution in [1.29, 1.82) is 0 Å². The van der Waals surface area contributed by atoms with Crippen LogP contribution in [0.4, 0.5) is 0 Å². The molecule has 23 heavy (non-hydrogen) atoms. The van der Waals surface area contributed by atoms with Gasteiger partial charge in [-0.1, -0.05) is 35.9 Å². The van der Waals surface area contributed by atoms with Crippen molar-refractivity contribution in [2.75, 3.05) is 0 Å². The zero-order valence-electron chi connectivity index (χ0n) is 12.8. The van der Waals surface area contributed by atoms with Crippen molar-refractivity contribution in [3.63, 3.8) is 0 Å². The van der Waals surface area contributed by atoms with E-state index in [1.807, 2.05) is 34.7 Å². The van der Waals surface area contributed by atoms with Gasteiger partial charge in [-0.2, -0.15) is 0 Å². The molecular weight excluding hydrogens is 284 g/mol. The maximum absolute atomic E-state index is 4.41. The van der Waals surface area contributed by atoms with Gasteiger partial charge in [0.15, 0.2) is 5.65 Å². The minimum absolute atomic E-state index is 0.757. The van der Waals surface area contributed by atoms with Crippen molar-refractivity contribution < 1.29 is 0 Å². The van der Waals surface area contributed by atoms with E-state index in [-0.39, 0.29) is 0 Å². The maximum atomic E-state index is 4.41. The predicted octanol–water partition coefficient (Wildman–Crippen LogP) is 3.69. The minimum atomic E-state index is 0.757. The van der Waals surface area contributed by atoms with Gasteiger partial charge in [0.25, 0.3) is 0 Å². The van der Waals surface area contributed by atoms with Gasteiger partial charge in [0, 0.05) is 24.4 Å². The third-order valence-electron chi connectivity index (χ3n) is 3.92. The normalized spacial score (nSPS) is 11.0. The zero-order valence-corrected chi connectivity index (χ0v) is 12.8. The van der Waals surface area contributed by atoms with E-state index in [4.69, 9.17) is 0 Å². The van der Waals surface area contributed by atoms with E-state index in [0.717, 1.165) is 29.1 Å². The Bertz CT molecular complexity index is 940. The number of pyridine rings is 2. The summed E-state index contributed by atoms with van der Waals surface area (Å²) in [7, 11) is 0. The highest BCUT2D eigenvalue weighted by atomic mass is 15.2. The minimum Gasteiger partial charge on any atom is -0.285 e. The van der Waals surface area contributed by atoms with Crippen molar-refractivity contribution in [3.05, 3.63) is 83.9 Å². The standard InChI is InChI=1S/C19H16N4/c1-14-5-7-15(8-6-14)12-19-22-21-18-10-9-16(13-23(18)19)17-4-2-3-11-20-17/h2-11,13H,12H2,1H3. The fraction of sp³-hybridized carbons (Fsp3) is 0.105. The van der Waals surface area contributed by atoms with E-state index < -0.39 is 0 Å². The first-order chi connectivity index (χ1) is 11.3. The van der Waals surface area contributed by atoms with Gasteiger partial charge in [0.2, 0.25) is 0 Å². The summed E-state index contributed by atoms with van der Waals surface area (Å²) in [6.45, 7) is 2.09. The summed E-state index contributed by atoms with van der Waals surface area (Å²) in [6, 6.07) is 18.5. The number of aromatic nitrogens is 4. The third-order valence-corrected chi connectivity index (χ3v) is 3.92. The van der Waals surface area contributed by atoms with Crippen LogP contribution in [0.2, 0.25) is 0 Å². The van der Waals surface area contributed by atoms with Crippen LogP contribution in [0.5, 0.6) is 0 Å². The van der Waals surface area contributed by atoms with E-state index >= 15 is 0 Å². The molecule has 0 bridgehead atoms. The Balaban J connectivity index is 1.74. The molecule has 112 valence electrons. The molecule has 0 radical (unpaired) electrons. The number of fused-ring (bicyclic) bond motifs is 1. The number of aryl methyl sites for hydroxylation is 1. The van der Waals surface area contributed by atoms with Crippen molar-refractivity contribution in [2.45, 2.75) is 13.3 Å². The molecule has 4 heteroatoms. The maximum Gasteiger partial charge on any atom is 0.160 e. The van der Waals surface area contributed by atoms with Crippen molar-refractivity contribution in [2.24, 2.45) is 0 Å². The highest BCUT2D eigenvalue weighted by Gasteiger charge is 2.08. The molecule has 3 aromatic heterocycles. The first-order valence-corrected chi connectivity index (χ1v) is 7.60. The monoisotopic (exact) mass is 300 g/mol. The lowest BCUT2D eigenvalue weighted by molar-refractivity contribution is 0.934. The molecule has 0 unspecified atom stereocenters. The molecule has 0 aliphatic heterocycles. The molecular formula is C19H16N4. The molecule has 0 fully saturated rings. The molecule has 0 aliphatic rings. The van der Waals surface area contributed by atoms with Crippen molar-refractivity contribution in [3.8, 4) is 11.3 Å². The van der Waals surface area contributed by atoms with Gasteiger partial charge in [-0.15, -0.1) is 10.2 Å². The second-order valence-corrected chi connectivity index (χ2v) is 5.64. The van der Waals surface area contributed by atoms with E-state index in [0.29, 0.717) is 0 Å². The number of hydrogen-bond donors (Lipinski definition) is 0. The van der Waals surface area contributed by atoms with Crippen LogP contribution >= 0.6 is 0 Å². The highest BCUT2D eigenvalue weighted by Crippen LogP contribution is 2.18. The topological polar surface area (TPSA) is 43.1 Å². The van der Waals surface area contributed by atoms with Crippen LogP contribution in [-0.4, -0.2) is 19.6 Å². The van der Waals surface area contributed by atoms with Gasteiger partial charge < -0.3 is 0 Å².